The van der Waals surface area contributed by atoms with E-state index in [9.17, 15) is 4.79 Å². The molecule has 0 amide bonds. The Labute approximate surface area is 71.4 Å². The predicted molar refractivity (Wildman–Crippen MR) is 41.5 cm³/mol. The van der Waals surface area contributed by atoms with Crippen molar-refractivity contribution in [2.75, 3.05) is 6.61 Å². The lowest BCUT2D eigenvalue weighted by Crippen LogP contribution is -2.31. The fourth-order valence-corrected chi connectivity index (χ4v) is 1.24. The van der Waals surface area contributed by atoms with Crippen LogP contribution >= 0.6 is 0 Å². The summed E-state index contributed by atoms with van der Waals surface area (Å²) in [5.74, 6) is -0.0467. The Bertz CT molecular complexity index is 172. The molecular formula is C8H14O4. The minimum Gasteiger partial charge on any atom is -0.458 e. The second-order valence-corrected chi connectivity index (χ2v) is 3.63. The zero-order valence-corrected chi connectivity index (χ0v) is 7.37. The second kappa shape index (κ2) is 3.41. The van der Waals surface area contributed by atoms with Crippen molar-refractivity contribution in [2.24, 2.45) is 5.92 Å². The summed E-state index contributed by atoms with van der Waals surface area (Å²) in [6.07, 6.45) is 2.22. The first-order valence-corrected chi connectivity index (χ1v) is 4.04. The van der Waals surface area contributed by atoms with Gasteiger partial charge in [0.1, 0.15) is 5.60 Å². The molecule has 0 aromatic heterocycles. The molecule has 0 aromatic carbocycles. The number of carbonyl (C=O) groups is 1. The van der Waals surface area contributed by atoms with E-state index in [0.717, 1.165) is 12.8 Å². The molecule has 70 valence electrons. The molecule has 0 unspecified atom stereocenters. The van der Waals surface area contributed by atoms with Gasteiger partial charge >= 0.3 is 5.97 Å². The van der Waals surface area contributed by atoms with Crippen LogP contribution in [0.3, 0.4) is 0 Å². The van der Waals surface area contributed by atoms with Crippen molar-refractivity contribution in [3.05, 3.63) is 0 Å². The third-order valence-electron chi connectivity index (χ3n) is 2.12. The highest BCUT2D eigenvalue weighted by Crippen LogP contribution is 2.41. The zero-order valence-electron chi connectivity index (χ0n) is 7.37. The minimum atomic E-state index is -0.519. The Hall–Kier alpha value is -0.610. The Kier molecular flexibility index (Phi) is 2.69. The van der Waals surface area contributed by atoms with Crippen molar-refractivity contribution in [1.29, 1.82) is 0 Å². The van der Waals surface area contributed by atoms with Gasteiger partial charge in [-0.25, -0.2) is 9.68 Å². The maximum Gasteiger partial charge on any atom is 0.336 e. The molecule has 0 saturated heterocycles. The average molecular weight is 174 g/mol. The Morgan fingerprint density at radius 3 is 2.58 bits per heavy atom. The van der Waals surface area contributed by atoms with E-state index in [1.165, 1.54) is 0 Å². The molecule has 1 rings (SSSR count). The Morgan fingerprint density at radius 2 is 2.17 bits per heavy atom. The molecule has 1 saturated carbocycles. The standard InChI is InChI=1S/C8H14O4/c1-8(2,6-3-4-6)12-7(9)5-11-10/h6,10H,3-5H2,1-2H3. The van der Waals surface area contributed by atoms with Crippen LogP contribution < -0.4 is 0 Å². The lowest BCUT2D eigenvalue weighted by molar-refractivity contribution is -0.248. The maximum atomic E-state index is 10.9. The summed E-state index contributed by atoms with van der Waals surface area (Å²) in [5, 5.41) is 7.99. The van der Waals surface area contributed by atoms with Gasteiger partial charge in [0.15, 0.2) is 6.61 Å². The van der Waals surface area contributed by atoms with Crippen molar-refractivity contribution in [3.63, 3.8) is 0 Å². The molecule has 0 bridgehead atoms. The van der Waals surface area contributed by atoms with Crippen LogP contribution in [0.1, 0.15) is 26.7 Å². The first kappa shape index (κ1) is 9.48. The van der Waals surface area contributed by atoms with Gasteiger partial charge in [-0.3, -0.25) is 5.26 Å². The summed E-state index contributed by atoms with van der Waals surface area (Å²) < 4.78 is 5.08. The number of esters is 1. The van der Waals surface area contributed by atoms with E-state index in [-0.39, 0.29) is 0 Å². The van der Waals surface area contributed by atoms with Crippen LogP contribution in [-0.4, -0.2) is 23.4 Å². The second-order valence-electron chi connectivity index (χ2n) is 3.63. The number of carbonyl (C=O) groups excluding carboxylic acids is 1. The van der Waals surface area contributed by atoms with Gasteiger partial charge in [-0.05, 0) is 32.6 Å². The van der Waals surface area contributed by atoms with Crippen molar-refractivity contribution < 1.29 is 19.7 Å². The molecule has 0 atom stereocenters. The monoisotopic (exact) mass is 174 g/mol. The van der Waals surface area contributed by atoms with Crippen LogP contribution in [0.4, 0.5) is 0 Å². The topological polar surface area (TPSA) is 55.8 Å². The lowest BCUT2D eigenvalue weighted by atomic mass is 10.0. The van der Waals surface area contributed by atoms with E-state index in [1.807, 2.05) is 13.8 Å². The van der Waals surface area contributed by atoms with E-state index in [4.69, 9.17) is 9.99 Å². The minimum absolute atomic E-state index is 0.393. The quantitative estimate of drug-likeness (QED) is 0.395. The fraction of sp³-hybridized carbons (Fsp3) is 0.875. The predicted octanol–water partition coefficient (Wildman–Crippen LogP) is 1.21. The lowest BCUT2D eigenvalue weighted by Gasteiger charge is -2.24. The van der Waals surface area contributed by atoms with Gasteiger partial charge < -0.3 is 4.74 Å². The van der Waals surface area contributed by atoms with Gasteiger partial charge in [-0.15, -0.1) is 0 Å². The van der Waals surface area contributed by atoms with E-state index in [2.05, 4.69) is 4.89 Å². The zero-order chi connectivity index (χ0) is 9.19. The van der Waals surface area contributed by atoms with Gasteiger partial charge in [-0.1, -0.05) is 0 Å². The van der Waals surface area contributed by atoms with E-state index in [1.54, 1.807) is 0 Å². The van der Waals surface area contributed by atoms with Gasteiger partial charge in [0, 0.05) is 0 Å². The molecule has 1 aliphatic rings. The Balaban J connectivity index is 2.32. The number of hydrogen-bond donors (Lipinski definition) is 1. The van der Waals surface area contributed by atoms with Crippen molar-refractivity contribution in [3.8, 4) is 0 Å². The summed E-state index contributed by atoms with van der Waals surface area (Å²) in [6.45, 7) is 3.36. The third kappa shape index (κ3) is 2.46. The summed E-state index contributed by atoms with van der Waals surface area (Å²) >= 11 is 0. The number of ether oxygens (including phenoxy) is 1. The molecule has 4 heteroatoms. The average Bonchev–Trinajstić information content (AvgIpc) is 2.65. The largest absolute Gasteiger partial charge is 0.458 e. The molecule has 0 aliphatic heterocycles. The van der Waals surface area contributed by atoms with Crippen LogP contribution in [0, 0.1) is 5.92 Å². The van der Waals surface area contributed by atoms with Gasteiger partial charge in [-0.2, -0.15) is 0 Å². The fourth-order valence-electron chi connectivity index (χ4n) is 1.24. The van der Waals surface area contributed by atoms with E-state index in [0.29, 0.717) is 5.92 Å². The van der Waals surface area contributed by atoms with E-state index >= 15 is 0 Å². The van der Waals surface area contributed by atoms with Gasteiger partial charge in [0.05, 0.1) is 0 Å². The molecule has 12 heavy (non-hydrogen) atoms. The van der Waals surface area contributed by atoms with Crippen molar-refractivity contribution in [1.82, 2.24) is 0 Å². The third-order valence-corrected chi connectivity index (χ3v) is 2.12. The van der Waals surface area contributed by atoms with Gasteiger partial charge in [0.2, 0.25) is 0 Å². The maximum absolute atomic E-state index is 10.9. The van der Waals surface area contributed by atoms with Crippen LogP contribution in [0.2, 0.25) is 0 Å². The van der Waals surface area contributed by atoms with Crippen molar-refractivity contribution in [2.45, 2.75) is 32.3 Å². The van der Waals surface area contributed by atoms with Crippen LogP contribution in [-0.2, 0) is 14.4 Å². The molecule has 1 fully saturated rings. The summed E-state index contributed by atoms with van der Waals surface area (Å²) in [6, 6.07) is 0. The number of hydrogen-bond acceptors (Lipinski definition) is 4. The van der Waals surface area contributed by atoms with Crippen molar-refractivity contribution >= 4 is 5.97 Å². The molecular weight excluding hydrogens is 160 g/mol. The molecule has 4 nitrogen and oxygen atoms in total. The molecule has 0 aromatic rings. The summed E-state index contributed by atoms with van der Waals surface area (Å²) in [4.78, 5) is 14.6. The summed E-state index contributed by atoms with van der Waals surface area (Å²) in [7, 11) is 0. The molecule has 0 radical (unpaired) electrons. The SMILES string of the molecule is CC(C)(OC(=O)COO)C1CC1. The Morgan fingerprint density at radius 1 is 1.58 bits per heavy atom. The molecule has 0 spiro atoms. The summed E-state index contributed by atoms with van der Waals surface area (Å²) in [5.41, 5.74) is -0.407. The smallest absolute Gasteiger partial charge is 0.336 e. The molecule has 0 heterocycles. The number of rotatable bonds is 4. The van der Waals surface area contributed by atoms with E-state index < -0.39 is 18.2 Å². The first-order valence-electron chi connectivity index (χ1n) is 4.04. The van der Waals surface area contributed by atoms with Crippen LogP contribution in [0.15, 0.2) is 0 Å². The highest BCUT2D eigenvalue weighted by molar-refractivity contribution is 5.71. The normalized spacial score (nSPS) is 17.6. The molecule has 1 aliphatic carbocycles. The van der Waals surface area contributed by atoms with Crippen LogP contribution in [0.5, 0.6) is 0 Å². The van der Waals surface area contributed by atoms with Gasteiger partial charge in [0.25, 0.3) is 0 Å². The van der Waals surface area contributed by atoms with Crippen LogP contribution in [0.25, 0.3) is 0 Å². The molecule has 1 N–H and O–H groups in total. The first-order chi connectivity index (χ1) is 5.56. The highest BCUT2D eigenvalue weighted by atomic mass is 17.1. The highest BCUT2D eigenvalue weighted by Gasteiger charge is 2.40.